The molecule has 0 bridgehead atoms. The van der Waals surface area contributed by atoms with Crippen LogP contribution in [0.4, 0.5) is 0 Å². The summed E-state index contributed by atoms with van der Waals surface area (Å²) in [6, 6.07) is 9.97. The number of carbonyl (C=O) groups is 2. The molecule has 2 amide bonds. The van der Waals surface area contributed by atoms with Gasteiger partial charge in [0.1, 0.15) is 5.41 Å². The third-order valence-electron chi connectivity index (χ3n) is 3.70. The predicted octanol–water partition coefficient (Wildman–Crippen LogP) is 2.24. The second-order valence-corrected chi connectivity index (χ2v) is 5.59. The van der Waals surface area contributed by atoms with Gasteiger partial charge in [0.15, 0.2) is 0 Å². The minimum absolute atomic E-state index is 0.121. The molecule has 116 valence electrons. The predicted molar refractivity (Wildman–Crippen MR) is 84.9 cm³/mol. The normalized spacial score (nSPS) is 11.0. The first-order valence-corrected chi connectivity index (χ1v) is 7.55. The Hall–Kier alpha value is -1.84. The fourth-order valence-electron chi connectivity index (χ4n) is 2.19. The van der Waals surface area contributed by atoms with Gasteiger partial charge in [-0.1, -0.05) is 30.3 Å². The number of amides is 2. The second-order valence-electron chi connectivity index (χ2n) is 5.59. The van der Waals surface area contributed by atoms with Crippen molar-refractivity contribution >= 4 is 11.8 Å². The summed E-state index contributed by atoms with van der Waals surface area (Å²) in [5, 5.41) is 2.87. The maximum Gasteiger partial charge on any atom is 0.237 e. The number of rotatable bonds is 7. The van der Waals surface area contributed by atoms with Gasteiger partial charge < -0.3 is 10.2 Å². The molecular weight excluding hydrogens is 264 g/mol. The number of nitrogens with zero attached hydrogens (tertiary/aromatic N) is 1. The van der Waals surface area contributed by atoms with Crippen LogP contribution < -0.4 is 5.32 Å². The number of nitrogens with one attached hydrogen (secondary N) is 1. The largest absolute Gasteiger partial charge is 0.355 e. The molecule has 0 aliphatic rings. The van der Waals surface area contributed by atoms with Crippen LogP contribution in [-0.4, -0.2) is 36.3 Å². The molecular formula is C17H26N2O2. The van der Waals surface area contributed by atoms with Gasteiger partial charge in [-0.25, -0.2) is 0 Å². The van der Waals surface area contributed by atoms with E-state index in [1.54, 1.807) is 18.7 Å². The van der Waals surface area contributed by atoms with Crippen LogP contribution >= 0.6 is 0 Å². The van der Waals surface area contributed by atoms with E-state index < -0.39 is 5.41 Å². The van der Waals surface area contributed by atoms with Crippen molar-refractivity contribution in [2.75, 3.05) is 19.6 Å². The van der Waals surface area contributed by atoms with Gasteiger partial charge >= 0.3 is 0 Å². The highest BCUT2D eigenvalue weighted by Crippen LogP contribution is 2.19. The maximum atomic E-state index is 12.4. The molecule has 0 spiro atoms. The SMILES string of the molecule is CCN(CC)C(=O)C(C)(C)C(=O)NCCc1ccccc1. The highest BCUT2D eigenvalue weighted by molar-refractivity contribution is 6.04. The first-order chi connectivity index (χ1) is 9.93. The van der Waals surface area contributed by atoms with Crippen LogP contribution in [0.3, 0.4) is 0 Å². The molecule has 0 aliphatic heterocycles. The van der Waals surface area contributed by atoms with E-state index in [4.69, 9.17) is 0 Å². The van der Waals surface area contributed by atoms with Crippen LogP contribution in [0.2, 0.25) is 0 Å². The molecule has 21 heavy (non-hydrogen) atoms. The molecule has 0 fully saturated rings. The van der Waals surface area contributed by atoms with Crippen molar-refractivity contribution < 1.29 is 9.59 Å². The first kappa shape index (κ1) is 17.2. The molecule has 1 aromatic rings. The zero-order valence-corrected chi connectivity index (χ0v) is 13.5. The van der Waals surface area contributed by atoms with Crippen molar-refractivity contribution in [2.24, 2.45) is 5.41 Å². The maximum absolute atomic E-state index is 12.4. The Morgan fingerprint density at radius 3 is 2.19 bits per heavy atom. The van der Waals surface area contributed by atoms with Crippen LogP contribution in [0.1, 0.15) is 33.3 Å². The van der Waals surface area contributed by atoms with Crippen molar-refractivity contribution in [3.8, 4) is 0 Å². The summed E-state index contributed by atoms with van der Waals surface area (Å²) in [6.45, 7) is 9.00. The fourth-order valence-corrected chi connectivity index (χ4v) is 2.19. The van der Waals surface area contributed by atoms with Gasteiger partial charge in [-0.15, -0.1) is 0 Å². The fraction of sp³-hybridized carbons (Fsp3) is 0.529. The molecule has 0 saturated heterocycles. The Morgan fingerprint density at radius 2 is 1.67 bits per heavy atom. The monoisotopic (exact) mass is 290 g/mol. The summed E-state index contributed by atoms with van der Waals surface area (Å²) in [4.78, 5) is 26.3. The summed E-state index contributed by atoms with van der Waals surface area (Å²) in [7, 11) is 0. The highest BCUT2D eigenvalue weighted by Gasteiger charge is 2.38. The van der Waals surface area contributed by atoms with E-state index >= 15 is 0 Å². The summed E-state index contributed by atoms with van der Waals surface area (Å²) in [5.74, 6) is -0.333. The third kappa shape index (κ3) is 4.59. The van der Waals surface area contributed by atoms with E-state index in [-0.39, 0.29) is 11.8 Å². The van der Waals surface area contributed by atoms with Gasteiger partial charge in [-0.05, 0) is 39.7 Å². The summed E-state index contributed by atoms with van der Waals surface area (Å²) in [6.07, 6.45) is 0.766. The topological polar surface area (TPSA) is 49.4 Å². The van der Waals surface area contributed by atoms with E-state index in [0.29, 0.717) is 19.6 Å². The van der Waals surface area contributed by atoms with E-state index in [9.17, 15) is 9.59 Å². The van der Waals surface area contributed by atoms with Gasteiger partial charge in [0.25, 0.3) is 0 Å². The summed E-state index contributed by atoms with van der Waals surface area (Å²) < 4.78 is 0. The molecule has 1 rings (SSSR count). The zero-order valence-electron chi connectivity index (χ0n) is 13.5. The smallest absolute Gasteiger partial charge is 0.237 e. The van der Waals surface area contributed by atoms with Crippen molar-refractivity contribution in [1.29, 1.82) is 0 Å². The molecule has 1 N–H and O–H groups in total. The lowest BCUT2D eigenvalue weighted by molar-refractivity contribution is -0.148. The van der Waals surface area contributed by atoms with Gasteiger partial charge in [0, 0.05) is 19.6 Å². The lowest BCUT2D eigenvalue weighted by Crippen LogP contribution is -2.49. The van der Waals surface area contributed by atoms with Crippen LogP contribution in [0.5, 0.6) is 0 Å². The van der Waals surface area contributed by atoms with E-state index in [1.165, 1.54) is 5.56 Å². The van der Waals surface area contributed by atoms with Crippen molar-refractivity contribution in [2.45, 2.75) is 34.1 Å². The Bertz CT molecular complexity index is 465. The molecule has 0 radical (unpaired) electrons. The van der Waals surface area contributed by atoms with Crippen molar-refractivity contribution in [3.05, 3.63) is 35.9 Å². The first-order valence-electron chi connectivity index (χ1n) is 7.55. The molecule has 0 aliphatic carbocycles. The quantitative estimate of drug-likeness (QED) is 0.783. The summed E-state index contributed by atoms with van der Waals surface area (Å²) >= 11 is 0. The summed E-state index contributed by atoms with van der Waals surface area (Å²) in [5.41, 5.74) is 0.147. The minimum atomic E-state index is -1.03. The van der Waals surface area contributed by atoms with Gasteiger partial charge in [0.05, 0.1) is 0 Å². The van der Waals surface area contributed by atoms with Gasteiger partial charge in [-0.3, -0.25) is 9.59 Å². The highest BCUT2D eigenvalue weighted by atomic mass is 16.2. The number of hydrogen-bond acceptors (Lipinski definition) is 2. The van der Waals surface area contributed by atoms with Gasteiger partial charge in [0.2, 0.25) is 11.8 Å². The minimum Gasteiger partial charge on any atom is -0.355 e. The molecule has 0 unspecified atom stereocenters. The average Bonchev–Trinajstić information content (AvgIpc) is 2.49. The second kappa shape index (κ2) is 7.81. The number of hydrogen-bond donors (Lipinski definition) is 1. The molecule has 0 aromatic heterocycles. The molecule has 4 heteroatoms. The standard InChI is InChI=1S/C17H26N2O2/c1-5-19(6-2)16(21)17(3,4)15(20)18-13-12-14-10-8-7-9-11-14/h7-11H,5-6,12-13H2,1-4H3,(H,18,20). The Kier molecular flexibility index (Phi) is 6.40. The van der Waals surface area contributed by atoms with E-state index in [0.717, 1.165) is 6.42 Å². The molecule has 1 aromatic carbocycles. The molecule has 4 nitrogen and oxygen atoms in total. The number of benzene rings is 1. The Morgan fingerprint density at radius 1 is 1.10 bits per heavy atom. The lowest BCUT2D eigenvalue weighted by atomic mass is 9.90. The van der Waals surface area contributed by atoms with Crippen LogP contribution in [-0.2, 0) is 16.0 Å². The average molecular weight is 290 g/mol. The molecule has 0 saturated carbocycles. The van der Waals surface area contributed by atoms with Crippen LogP contribution in [0.25, 0.3) is 0 Å². The Labute approximate surface area is 127 Å². The van der Waals surface area contributed by atoms with Crippen molar-refractivity contribution in [3.63, 3.8) is 0 Å². The molecule has 0 heterocycles. The zero-order chi connectivity index (χ0) is 15.9. The van der Waals surface area contributed by atoms with Gasteiger partial charge in [-0.2, -0.15) is 0 Å². The van der Waals surface area contributed by atoms with Crippen LogP contribution in [0, 0.1) is 5.41 Å². The van der Waals surface area contributed by atoms with Crippen molar-refractivity contribution in [1.82, 2.24) is 10.2 Å². The Balaban J connectivity index is 2.55. The molecule has 0 atom stereocenters. The number of carbonyl (C=O) groups excluding carboxylic acids is 2. The lowest BCUT2D eigenvalue weighted by Gasteiger charge is -2.29. The van der Waals surface area contributed by atoms with E-state index in [2.05, 4.69) is 5.32 Å². The van der Waals surface area contributed by atoms with E-state index in [1.807, 2.05) is 44.2 Å². The van der Waals surface area contributed by atoms with Crippen LogP contribution in [0.15, 0.2) is 30.3 Å². The third-order valence-corrected chi connectivity index (χ3v) is 3.70.